The van der Waals surface area contributed by atoms with E-state index >= 15 is 0 Å². The Morgan fingerprint density at radius 2 is 1.62 bits per heavy atom. The molecule has 2 aliphatic rings. The monoisotopic (exact) mass is 243 g/mol. The van der Waals surface area contributed by atoms with Crippen molar-refractivity contribution >= 4 is 11.8 Å². The molecule has 16 heavy (non-hydrogen) atoms. The molecule has 0 radical (unpaired) electrons. The molecular weight excluding hydrogens is 218 g/mol. The number of hydrogen-bond acceptors (Lipinski definition) is 4. The van der Waals surface area contributed by atoms with Crippen molar-refractivity contribution in [2.75, 3.05) is 58.4 Å². The van der Waals surface area contributed by atoms with Gasteiger partial charge in [-0.05, 0) is 26.1 Å². The molecule has 0 spiro atoms. The topological polar surface area (TPSA) is 9.72 Å². The molecule has 0 N–H and O–H groups in total. The number of rotatable bonds is 3. The van der Waals surface area contributed by atoms with Crippen molar-refractivity contribution in [3.63, 3.8) is 0 Å². The number of hydrogen-bond donors (Lipinski definition) is 0. The molecule has 2 heterocycles. The molecule has 4 heteroatoms. The van der Waals surface area contributed by atoms with Crippen molar-refractivity contribution in [2.24, 2.45) is 0 Å². The largest absolute Gasteiger partial charge is 0.304 e. The first-order chi connectivity index (χ1) is 7.79. The molecular formula is C12H25N3S. The first-order valence-electron chi connectivity index (χ1n) is 6.43. The van der Waals surface area contributed by atoms with Crippen LogP contribution in [0.3, 0.4) is 0 Å². The third-order valence-electron chi connectivity index (χ3n) is 3.92. The van der Waals surface area contributed by atoms with Gasteiger partial charge in [0, 0.05) is 51.2 Å². The van der Waals surface area contributed by atoms with Crippen LogP contribution in [0.2, 0.25) is 0 Å². The third kappa shape index (κ3) is 3.36. The predicted octanol–water partition coefficient (Wildman–Crippen LogP) is 1.02. The Labute approximate surface area is 104 Å². The lowest BCUT2D eigenvalue weighted by atomic mass is 10.0. The minimum absolute atomic E-state index is 0.867. The van der Waals surface area contributed by atoms with E-state index in [1.165, 1.54) is 58.0 Å². The van der Waals surface area contributed by atoms with Gasteiger partial charge in [-0.25, -0.2) is 0 Å². The maximum atomic E-state index is 2.72. The molecule has 0 amide bonds. The Hall–Kier alpha value is 0.230. The van der Waals surface area contributed by atoms with Crippen LogP contribution in [0.4, 0.5) is 0 Å². The van der Waals surface area contributed by atoms with Gasteiger partial charge in [0.2, 0.25) is 0 Å². The molecule has 2 aliphatic heterocycles. The van der Waals surface area contributed by atoms with Gasteiger partial charge in [-0.15, -0.1) is 11.8 Å². The number of piperazine rings is 1. The van der Waals surface area contributed by atoms with Gasteiger partial charge < -0.3 is 4.90 Å². The second-order valence-corrected chi connectivity index (χ2v) is 5.94. The lowest BCUT2D eigenvalue weighted by molar-refractivity contribution is 0.0728. The molecule has 0 aromatic heterocycles. The Morgan fingerprint density at radius 1 is 1.00 bits per heavy atom. The van der Waals surface area contributed by atoms with E-state index in [9.17, 15) is 0 Å². The highest BCUT2D eigenvalue weighted by Gasteiger charge is 2.26. The highest BCUT2D eigenvalue weighted by Crippen LogP contribution is 2.18. The van der Waals surface area contributed by atoms with Crippen LogP contribution in [-0.2, 0) is 0 Å². The number of nitrogens with zero attached hydrogens (tertiary/aromatic N) is 3. The van der Waals surface area contributed by atoms with E-state index in [4.69, 9.17) is 0 Å². The predicted molar refractivity (Wildman–Crippen MR) is 72.0 cm³/mol. The zero-order valence-electron chi connectivity index (χ0n) is 10.7. The van der Waals surface area contributed by atoms with Crippen molar-refractivity contribution in [3.8, 4) is 0 Å². The number of thioether (sulfide) groups is 1. The fraction of sp³-hybridized carbons (Fsp3) is 1.00. The second-order valence-electron chi connectivity index (χ2n) is 5.11. The molecule has 0 atom stereocenters. The maximum absolute atomic E-state index is 2.72. The van der Waals surface area contributed by atoms with Gasteiger partial charge in [-0.3, -0.25) is 9.80 Å². The van der Waals surface area contributed by atoms with Crippen molar-refractivity contribution in [3.05, 3.63) is 0 Å². The SMILES string of the molecule is CSCN1CCC(N2CCN(C)CC2)CC1. The van der Waals surface area contributed by atoms with Crippen LogP contribution >= 0.6 is 11.8 Å². The van der Waals surface area contributed by atoms with Gasteiger partial charge in [0.05, 0.1) is 0 Å². The Morgan fingerprint density at radius 3 is 2.19 bits per heavy atom. The average molecular weight is 243 g/mol. The van der Waals surface area contributed by atoms with Gasteiger partial charge in [-0.2, -0.15) is 0 Å². The van der Waals surface area contributed by atoms with Gasteiger partial charge >= 0.3 is 0 Å². The van der Waals surface area contributed by atoms with E-state index in [0.29, 0.717) is 0 Å². The summed E-state index contributed by atoms with van der Waals surface area (Å²) in [5.41, 5.74) is 0. The van der Waals surface area contributed by atoms with E-state index in [0.717, 1.165) is 6.04 Å². The fourth-order valence-electron chi connectivity index (χ4n) is 2.78. The summed E-state index contributed by atoms with van der Waals surface area (Å²) in [6.07, 6.45) is 4.96. The molecule has 2 saturated heterocycles. The molecule has 94 valence electrons. The summed E-state index contributed by atoms with van der Waals surface area (Å²) in [4.78, 5) is 7.76. The van der Waals surface area contributed by atoms with Crippen LogP contribution in [0, 0.1) is 0 Å². The molecule has 0 saturated carbocycles. The molecule has 2 fully saturated rings. The second kappa shape index (κ2) is 6.24. The minimum Gasteiger partial charge on any atom is -0.304 e. The third-order valence-corrected chi connectivity index (χ3v) is 4.55. The van der Waals surface area contributed by atoms with Gasteiger partial charge in [-0.1, -0.05) is 0 Å². The average Bonchev–Trinajstić information content (AvgIpc) is 2.32. The lowest BCUT2D eigenvalue weighted by Gasteiger charge is -2.41. The lowest BCUT2D eigenvalue weighted by Crippen LogP contribution is -2.52. The molecule has 0 aromatic rings. The number of likely N-dealkylation sites (N-methyl/N-ethyl adjacent to an activating group) is 1. The first kappa shape index (κ1) is 12.7. The maximum Gasteiger partial charge on any atom is 0.0441 e. The standard InChI is InChI=1S/C12H25N3S/c1-13-7-9-15(10-8-13)12-3-5-14(6-4-12)11-16-2/h12H,3-11H2,1-2H3. The fourth-order valence-corrected chi connectivity index (χ4v) is 3.41. The molecule has 0 bridgehead atoms. The number of likely N-dealkylation sites (tertiary alicyclic amines) is 1. The van der Waals surface area contributed by atoms with E-state index in [-0.39, 0.29) is 0 Å². The highest BCUT2D eigenvalue weighted by molar-refractivity contribution is 7.98. The van der Waals surface area contributed by atoms with Crippen molar-refractivity contribution < 1.29 is 0 Å². The van der Waals surface area contributed by atoms with Crippen LogP contribution in [0.25, 0.3) is 0 Å². The molecule has 0 aromatic carbocycles. The summed E-state index contributed by atoms with van der Waals surface area (Å²) in [5.74, 6) is 1.22. The Kier molecular flexibility index (Phi) is 4.95. The summed E-state index contributed by atoms with van der Waals surface area (Å²) in [7, 11) is 2.23. The highest BCUT2D eigenvalue weighted by atomic mass is 32.2. The zero-order valence-corrected chi connectivity index (χ0v) is 11.5. The molecule has 0 unspecified atom stereocenters. The summed E-state index contributed by atoms with van der Waals surface area (Å²) in [5, 5.41) is 0. The van der Waals surface area contributed by atoms with E-state index in [2.05, 4.69) is 28.0 Å². The van der Waals surface area contributed by atoms with Crippen molar-refractivity contribution in [1.82, 2.24) is 14.7 Å². The van der Waals surface area contributed by atoms with Crippen molar-refractivity contribution in [2.45, 2.75) is 18.9 Å². The summed E-state index contributed by atoms with van der Waals surface area (Å²) >= 11 is 1.95. The van der Waals surface area contributed by atoms with Crippen molar-refractivity contribution in [1.29, 1.82) is 0 Å². The quantitative estimate of drug-likeness (QED) is 0.732. The summed E-state index contributed by atoms with van der Waals surface area (Å²) < 4.78 is 0. The normalized spacial score (nSPS) is 27.4. The Balaban J connectivity index is 1.72. The van der Waals surface area contributed by atoms with E-state index in [1.54, 1.807) is 0 Å². The van der Waals surface area contributed by atoms with Crippen LogP contribution in [0.1, 0.15) is 12.8 Å². The van der Waals surface area contributed by atoms with E-state index < -0.39 is 0 Å². The van der Waals surface area contributed by atoms with Crippen LogP contribution in [-0.4, -0.2) is 79.2 Å². The first-order valence-corrected chi connectivity index (χ1v) is 7.83. The molecule has 0 aliphatic carbocycles. The van der Waals surface area contributed by atoms with Gasteiger partial charge in [0.25, 0.3) is 0 Å². The van der Waals surface area contributed by atoms with Gasteiger partial charge in [0.15, 0.2) is 0 Å². The Bertz CT molecular complexity index is 196. The van der Waals surface area contributed by atoms with E-state index in [1.807, 2.05) is 11.8 Å². The summed E-state index contributed by atoms with van der Waals surface area (Å²) in [6, 6.07) is 0.867. The van der Waals surface area contributed by atoms with Crippen LogP contribution in [0.15, 0.2) is 0 Å². The minimum atomic E-state index is 0.867. The molecule has 2 rings (SSSR count). The van der Waals surface area contributed by atoms with Crippen LogP contribution in [0.5, 0.6) is 0 Å². The summed E-state index contributed by atoms with van der Waals surface area (Å²) in [6.45, 7) is 7.68. The number of piperidine rings is 1. The van der Waals surface area contributed by atoms with Crippen LogP contribution < -0.4 is 0 Å². The zero-order chi connectivity index (χ0) is 11.4. The smallest absolute Gasteiger partial charge is 0.0441 e. The van der Waals surface area contributed by atoms with Gasteiger partial charge in [0.1, 0.15) is 0 Å². The molecule has 3 nitrogen and oxygen atoms in total.